The molecule has 1 saturated carbocycles. The van der Waals surface area contributed by atoms with Gasteiger partial charge in [-0.1, -0.05) is 0 Å². The SMILES string of the molecule is NC(=O)OC1CCCC([N+](=O)[O-])C1[N+](=O)[O-]. The molecule has 0 saturated heterocycles. The highest BCUT2D eigenvalue weighted by atomic mass is 16.7. The van der Waals surface area contributed by atoms with Crippen LogP contribution >= 0.6 is 0 Å². The van der Waals surface area contributed by atoms with Gasteiger partial charge in [0.05, 0.1) is 0 Å². The van der Waals surface area contributed by atoms with Crippen molar-refractivity contribution in [1.82, 2.24) is 0 Å². The lowest BCUT2D eigenvalue weighted by atomic mass is 9.88. The van der Waals surface area contributed by atoms with Crippen molar-refractivity contribution < 1.29 is 19.4 Å². The number of primary amides is 1. The first-order chi connectivity index (χ1) is 7.43. The Bertz CT molecular complexity index is 319. The van der Waals surface area contributed by atoms with Crippen LogP contribution < -0.4 is 5.73 Å². The van der Waals surface area contributed by atoms with Gasteiger partial charge in [0, 0.05) is 16.3 Å². The van der Waals surface area contributed by atoms with Crippen molar-refractivity contribution >= 4 is 6.09 Å². The fraction of sp³-hybridized carbons (Fsp3) is 0.857. The highest BCUT2D eigenvalue weighted by Gasteiger charge is 2.51. The highest BCUT2D eigenvalue weighted by molar-refractivity contribution is 5.64. The Morgan fingerprint density at radius 1 is 1.25 bits per heavy atom. The fourth-order valence-corrected chi connectivity index (χ4v) is 1.90. The standard InChI is InChI=1S/C7H11N3O6/c8-7(11)16-5-3-1-2-4(9(12)13)6(5)10(14)15/h4-6H,1-3H2,(H2,8,11). The number of carbonyl (C=O) groups is 1. The van der Waals surface area contributed by atoms with Crippen molar-refractivity contribution in [3.05, 3.63) is 20.2 Å². The summed E-state index contributed by atoms with van der Waals surface area (Å²) in [7, 11) is 0. The Kier molecular flexibility index (Phi) is 3.59. The monoisotopic (exact) mass is 233 g/mol. The van der Waals surface area contributed by atoms with Crippen molar-refractivity contribution in [3.63, 3.8) is 0 Å². The van der Waals surface area contributed by atoms with Crippen LogP contribution in [0.15, 0.2) is 0 Å². The summed E-state index contributed by atoms with van der Waals surface area (Å²) in [4.78, 5) is 30.4. The summed E-state index contributed by atoms with van der Waals surface area (Å²) in [5.74, 6) is 0. The molecule has 0 heterocycles. The van der Waals surface area contributed by atoms with Crippen LogP contribution in [0.2, 0.25) is 0 Å². The van der Waals surface area contributed by atoms with Crippen molar-refractivity contribution in [2.24, 2.45) is 5.73 Å². The molecule has 1 rings (SSSR count). The average molecular weight is 233 g/mol. The maximum Gasteiger partial charge on any atom is 0.405 e. The lowest BCUT2D eigenvalue weighted by Gasteiger charge is -2.26. The molecule has 1 aliphatic carbocycles. The van der Waals surface area contributed by atoms with E-state index in [1.807, 2.05) is 0 Å². The van der Waals surface area contributed by atoms with E-state index in [0.717, 1.165) is 0 Å². The molecule has 9 heteroatoms. The molecule has 1 fully saturated rings. The quantitative estimate of drug-likeness (QED) is 0.534. The maximum absolute atomic E-state index is 10.7. The summed E-state index contributed by atoms with van der Waals surface area (Å²) >= 11 is 0. The Balaban J connectivity index is 2.86. The van der Waals surface area contributed by atoms with Crippen LogP contribution in [-0.2, 0) is 4.74 Å². The molecule has 0 spiro atoms. The topological polar surface area (TPSA) is 139 Å². The molecule has 0 aromatic heterocycles. The lowest BCUT2D eigenvalue weighted by Crippen LogP contribution is -2.52. The van der Waals surface area contributed by atoms with E-state index in [4.69, 9.17) is 5.73 Å². The van der Waals surface area contributed by atoms with Crippen LogP contribution in [0, 0.1) is 20.2 Å². The van der Waals surface area contributed by atoms with E-state index >= 15 is 0 Å². The minimum atomic E-state index is -1.52. The number of rotatable bonds is 3. The molecule has 90 valence electrons. The van der Waals surface area contributed by atoms with E-state index in [1.54, 1.807) is 0 Å². The second-order valence-electron chi connectivity index (χ2n) is 3.53. The molecular weight excluding hydrogens is 222 g/mol. The molecule has 3 unspecified atom stereocenters. The first-order valence-electron chi connectivity index (χ1n) is 4.66. The van der Waals surface area contributed by atoms with Crippen LogP contribution in [0.4, 0.5) is 4.79 Å². The van der Waals surface area contributed by atoms with Crippen LogP contribution in [0.1, 0.15) is 19.3 Å². The van der Waals surface area contributed by atoms with E-state index in [1.165, 1.54) is 0 Å². The summed E-state index contributed by atoms with van der Waals surface area (Å²) in [6, 6.07) is -2.84. The van der Waals surface area contributed by atoms with Gasteiger partial charge in [0.15, 0.2) is 6.10 Å². The zero-order valence-corrected chi connectivity index (χ0v) is 8.27. The van der Waals surface area contributed by atoms with Gasteiger partial charge in [-0.2, -0.15) is 0 Å². The summed E-state index contributed by atoms with van der Waals surface area (Å²) < 4.78 is 4.54. The molecule has 0 bridgehead atoms. The normalized spacial score (nSPS) is 29.4. The van der Waals surface area contributed by atoms with Crippen LogP contribution in [0.25, 0.3) is 0 Å². The number of nitrogens with zero attached hydrogens (tertiary/aromatic N) is 2. The molecule has 16 heavy (non-hydrogen) atoms. The number of hydrogen-bond acceptors (Lipinski definition) is 6. The van der Waals surface area contributed by atoms with Gasteiger partial charge in [-0.3, -0.25) is 20.2 Å². The van der Waals surface area contributed by atoms with Crippen LogP contribution in [0.3, 0.4) is 0 Å². The zero-order valence-electron chi connectivity index (χ0n) is 8.27. The fourth-order valence-electron chi connectivity index (χ4n) is 1.90. The van der Waals surface area contributed by atoms with Crippen LogP contribution in [-0.4, -0.2) is 34.1 Å². The first-order valence-corrected chi connectivity index (χ1v) is 4.66. The third-order valence-corrected chi connectivity index (χ3v) is 2.55. The Morgan fingerprint density at radius 2 is 1.88 bits per heavy atom. The smallest absolute Gasteiger partial charge is 0.405 e. The van der Waals surface area contributed by atoms with Gasteiger partial charge in [-0.05, 0) is 12.8 Å². The van der Waals surface area contributed by atoms with E-state index < -0.39 is 34.1 Å². The third kappa shape index (κ3) is 2.55. The second kappa shape index (κ2) is 4.73. The maximum atomic E-state index is 10.7. The van der Waals surface area contributed by atoms with Crippen molar-refractivity contribution in [2.75, 3.05) is 0 Å². The number of nitrogens with two attached hydrogens (primary N) is 1. The van der Waals surface area contributed by atoms with Crippen molar-refractivity contribution in [2.45, 2.75) is 37.5 Å². The molecule has 2 N–H and O–H groups in total. The van der Waals surface area contributed by atoms with E-state index in [2.05, 4.69) is 4.74 Å². The van der Waals surface area contributed by atoms with Gasteiger partial charge in [0.1, 0.15) is 0 Å². The average Bonchev–Trinajstić information content (AvgIpc) is 2.15. The lowest BCUT2D eigenvalue weighted by molar-refractivity contribution is -0.628. The first kappa shape index (κ1) is 12.1. The Morgan fingerprint density at radius 3 is 2.31 bits per heavy atom. The Hall–Kier alpha value is -1.93. The number of nitro groups is 2. The van der Waals surface area contributed by atoms with E-state index in [9.17, 15) is 25.0 Å². The highest BCUT2D eigenvalue weighted by Crippen LogP contribution is 2.25. The van der Waals surface area contributed by atoms with Gasteiger partial charge in [-0.15, -0.1) is 0 Å². The van der Waals surface area contributed by atoms with E-state index in [0.29, 0.717) is 6.42 Å². The molecular formula is C7H11N3O6. The second-order valence-corrected chi connectivity index (χ2v) is 3.53. The van der Waals surface area contributed by atoms with Gasteiger partial charge < -0.3 is 10.5 Å². The van der Waals surface area contributed by atoms with Gasteiger partial charge in [0.25, 0.3) is 6.04 Å². The molecule has 0 aromatic carbocycles. The summed E-state index contributed by atoms with van der Waals surface area (Å²) in [5.41, 5.74) is 4.75. The largest absolute Gasteiger partial charge is 0.439 e. The number of hydrogen-bond donors (Lipinski definition) is 1. The summed E-state index contributed by atoms with van der Waals surface area (Å²) in [5, 5.41) is 21.4. The molecule has 1 aliphatic rings. The predicted octanol–water partition coefficient (Wildman–Crippen LogP) is -0.0752. The molecule has 9 nitrogen and oxygen atoms in total. The van der Waals surface area contributed by atoms with Crippen molar-refractivity contribution in [1.29, 1.82) is 0 Å². The van der Waals surface area contributed by atoms with Crippen molar-refractivity contribution in [3.8, 4) is 0 Å². The molecule has 0 aromatic rings. The molecule has 0 radical (unpaired) electrons. The third-order valence-electron chi connectivity index (χ3n) is 2.55. The molecule has 3 atom stereocenters. The van der Waals surface area contributed by atoms with Gasteiger partial charge >= 0.3 is 12.1 Å². The Labute approximate surface area is 89.8 Å². The molecule has 0 aliphatic heterocycles. The van der Waals surface area contributed by atoms with Crippen LogP contribution in [0.5, 0.6) is 0 Å². The number of carbonyl (C=O) groups excluding carboxylic acids is 1. The summed E-state index contributed by atoms with van der Waals surface area (Å²) in [6.07, 6.45) is -1.54. The predicted molar refractivity (Wildman–Crippen MR) is 49.9 cm³/mol. The number of ether oxygens (including phenoxy) is 1. The van der Waals surface area contributed by atoms with Gasteiger partial charge in [-0.25, -0.2) is 4.79 Å². The zero-order chi connectivity index (χ0) is 12.3. The summed E-state index contributed by atoms with van der Waals surface area (Å²) in [6.45, 7) is 0. The van der Waals surface area contributed by atoms with Gasteiger partial charge in [0.2, 0.25) is 0 Å². The minimum absolute atomic E-state index is 0.108. The van der Waals surface area contributed by atoms with E-state index in [-0.39, 0.29) is 12.8 Å². The minimum Gasteiger partial charge on any atom is -0.439 e. The number of amides is 1. The molecule has 1 amide bonds.